The van der Waals surface area contributed by atoms with Gasteiger partial charge in [-0.3, -0.25) is 4.79 Å². The first-order chi connectivity index (χ1) is 8.86. The van der Waals surface area contributed by atoms with Crippen molar-refractivity contribution in [2.45, 2.75) is 13.8 Å². The minimum absolute atomic E-state index is 0.0172. The van der Waals surface area contributed by atoms with Crippen LogP contribution in [0, 0.1) is 6.92 Å². The van der Waals surface area contributed by atoms with E-state index in [0.717, 1.165) is 11.3 Å². The van der Waals surface area contributed by atoms with Crippen molar-refractivity contribution in [2.24, 2.45) is 0 Å². The van der Waals surface area contributed by atoms with E-state index in [1.54, 1.807) is 37.2 Å². The lowest BCUT2D eigenvalue weighted by molar-refractivity contribution is -0.127. The zero-order valence-electron chi connectivity index (χ0n) is 11.8. The van der Waals surface area contributed by atoms with E-state index in [0.29, 0.717) is 6.54 Å². The van der Waals surface area contributed by atoms with E-state index in [1.165, 1.54) is 0 Å². The first-order valence-corrected chi connectivity index (χ1v) is 6.15. The summed E-state index contributed by atoms with van der Waals surface area (Å²) in [5.41, 5.74) is 2.01. The lowest BCUT2D eigenvalue weighted by atomic mass is 10.1. The standard InChI is InChI=1S/C14H20N2O3/c1-5-16(9-13(17)15(3)4)12-7-6-11(14(18)19)8-10(12)2/h6-8H,5,9H2,1-4H3,(H,18,19). The molecule has 1 N–H and O–H groups in total. The van der Waals surface area contributed by atoms with Gasteiger partial charge in [-0.1, -0.05) is 0 Å². The van der Waals surface area contributed by atoms with Crippen LogP contribution in [-0.2, 0) is 4.79 Å². The highest BCUT2D eigenvalue weighted by atomic mass is 16.4. The first kappa shape index (κ1) is 15.0. The number of amides is 1. The van der Waals surface area contributed by atoms with Crippen LogP contribution in [0.3, 0.4) is 0 Å². The second-order valence-corrected chi connectivity index (χ2v) is 4.61. The lowest BCUT2D eigenvalue weighted by Crippen LogP contribution is -2.36. The summed E-state index contributed by atoms with van der Waals surface area (Å²) in [6.45, 7) is 4.79. The topological polar surface area (TPSA) is 60.9 Å². The summed E-state index contributed by atoms with van der Waals surface area (Å²) < 4.78 is 0. The Morgan fingerprint density at radius 1 is 1.26 bits per heavy atom. The van der Waals surface area contributed by atoms with E-state index in [2.05, 4.69) is 0 Å². The highest BCUT2D eigenvalue weighted by Crippen LogP contribution is 2.21. The molecule has 0 aliphatic carbocycles. The quantitative estimate of drug-likeness (QED) is 0.877. The zero-order chi connectivity index (χ0) is 14.6. The Kier molecular flexibility index (Phi) is 4.92. The van der Waals surface area contributed by atoms with Gasteiger partial charge in [-0.2, -0.15) is 0 Å². The predicted octanol–water partition coefficient (Wildman–Crippen LogP) is 1.61. The molecule has 0 unspecified atom stereocenters. The summed E-state index contributed by atoms with van der Waals surface area (Å²) in [5.74, 6) is -0.925. The van der Waals surface area contributed by atoms with Crippen molar-refractivity contribution in [1.29, 1.82) is 0 Å². The van der Waals surface area contributed by atoms with Crippen LogP contribution in [0.5, 0.6) is 0 Å². The minimum Gasteiger partial charge on any atom is -0.478 e. The van der Waals surface area contributed by atoms with Crippen LogP contribution in [0.1, 0.15) is 22.8 Å². The highest BCUT2D eigenvalue weighted by molar-refractivity contribution is 5.89. The fraction of sp³-hybridized carbons (Fsp3) is 0.429. The van der Waals surface area contributed by atoms with Crippen molar-refractivity contribution in [3.63, 3.8) is 0 Å². The SMILES string of the molecule is CCN(CC(=O)N(C)C)c1ccc(C(=O)O)cc1C. The summed E-state index contributed by atoms with van der Waals surface area (Å²) in [6, 6.07) is 4.94. The number of hydrogen-bond acceptors (Lipinski definition) is 3. The number of hydrogen-bond donors (Lipinski definition) is 1. The average molecular weight is 264 g/mol. The van der Waals surface area contributed by atoms with Gasteiger partial charge in [0.15, 0.2) is 0 Å². The number of carbonyl (C=O) groups excluding carboxylic acids is 1. The Labute approximate surface area is 113 Å². The van der Waals surface area contributed by atoms with E-state index >= 15 is 0 Å². The molecule has 1 aromatic carbocycles. The molecule has 104 valence electrons. The van der Waals surface area contributed by atoms with Gasteiger partial charge in [0.05, 0.1) is 12.1 Å². The number of carboxylic acid groups (broad SMARTS) is 1. The van der Waals surface area contributed by atoms with Crippen LogP contribution in [-0.4, -0.2) is 49.1 Å². The molecule has 0 heterocycles. The van der Waals surface area contributed by atoms with E-state index in [-0.39, 0.29) is 18.0 Å². The molecule has 0 radical (unpaired) electrons. The Hall–Kier alpha value is -2.04. The second-order valence-electron chi connectivity index (χ2n) is 4.61. The molecule has 19 heavy (non-hydrogen) atoms. The highest BCUT2D eigenvalue weighted by Gasteiger charge is 2.14. The van der Waals surface area contributed by atoms with Gasteiger partial charge in [-0.05, 0) is 37.6 Å². The van der Waals surface area contributed by atoms with Gasteiger partial charge in [0, 0.05) is 26.3 Å². The molecule has 1 aromatic rings. The Bertz CT molecular complexity index is 484. The van der Waals surface area contributed by atoms with Crippen LogP contribution in [0.4, 0.5) is 5.69 Å². The monoisotopic (exact) mass is 264 g/mol. The van der Waals surface area contributed by atoms with Gasteiger partial charge < -0.3 is 14.9 Å². The summed E-state index contributed by atoms with van der Waals surface area (Å²) >= 11 is 0. The molecule has 0 spiro atoms. The second kappa shape index (κ2) is 6.22. The summed E-state index contributed by atoms with van der Waals surface area (Å²) in [6.07, 6.45) is 0. The maximum atomic E-state index is 11.8. The molecular weight excluding hydrogens is 244 g/mol. The normalized spacial score (nSPS) is 10.1. The zero-order valence-corrected chi connectivity index (χ0v) is 11.8. The van der Waals surface area contributed by atoms with E-state index in [1.807, 2.05) is 18.7 Å². The number of nitrogens with zero attached hydrogens (tertiary/aromatic N) is 2. The molecule has 0 saturated heterocycles. The summed E-state index contributed by atoms with van der Waals surface area (Å²) in [7, 11) is 3.44. The third-order valence-corrected chi connectivity index (χ3v) is 2.99. The van der Waals surface area contributed by atoms with Gasteiger partial charge >= 0.3 is 5.97 Å². The Balaban J connectivity index is 2.99. The third kappa shape index (κ3) is 3.71. The molecule has 0 aliphatic heterocycles. The largest absolute Gasteiger partial charge is 0.478 e. The number of carbonyl (C=O) groups is 2. The number of aromatic carboxylic acids is 1. The smallest absolute Gasteiger partial charge is 0.335 e. The molecule has 1 rings (SSSR count). The van der Waals surface area contributed by atoms with Gasteiger partial charge in [-0.25, -0.2) is 4.79 Å². The van der Waals surface area contributed by atoms with E-state index < -0.39 is 5.97 Å². The van der Waals surface area contributed by atoms with Crippen LogP contribution >= 0.6 is 0 Å². The molecule has 5 nitrogen and oxygen atoms in total. The van der Waals surface area contributed by atoms with Crippen LogP contribution in [0.15, 0.2) is 18.2 Å². The number of likely N-dealkylation sites (N-methyl/N-ethyl adjacent to an activating group) is 2. The number of benzene rings is 1. The third-order valence-electron chi connectivity index (χ3n) is 2.99. The number of carboxylic acids is 1. The maximum Gasteiger partial charge on any atom is 0.335 e. The Morgan fingerprint density at radius 3 is 2.32 bits per heavy atom. The van der Waals surface area contributed by atoms with Crippen molar-refractivity contribution in [3.05, 3.63) is 29.3 Å². The minimum atomic E-state index is -0.943. The molecule has 0 atom stereocenters. The summed E-state index contributed by atoms with van der Waals surface area (Å²) in [5, 5.41) is 8.94. The summed E-state index contributed by atoms with van der Waals surface area (Å²) in [4.78, 5) is 26.1. The number of anilines is 1. The van der Waals surface area contributed by atoms with Gasteiger partial charge in [0.1, 0.15) is 0 Å². The van der Waals surface area contributed by atoms with Crippen LogP contribution in [0.25, 0.3) is 0 Å². The number of rotatable bonds is 5. The maximum absolute atomic E-state index is 11.8. The van der Waals surface area contributed by atoms with Crippen LogP contribution < -0.4 is 4.90 Å². The average Bonchev–Trinajstić information content (AvgIpc) is 2.35. The molecule has 0 saturated carbocycles. The lowest BCUT2D eigenvalue weighted by Gasteiger charge is -2.26. The van der Waals surface area contributed by atoms with Crippen LogP contribution in [0.2, 0.25) is 0 Å². The molecular formula is C14H20N2O3. The Morgan fingerprint density at radius 2 is 1.89 bits per heavy atom. The van der Waals surface area contributed by atoms with Crippen molar-refractivity contribution in [3.8, 4) is 0 Å². The van der Waals surface area contributed by atoms with Crippen molar-refractivity contribution >= 4 is 17.6 Å². The van der Waals surface area contributed by atoms with Crippen molar-refractivity contribution in [1.82, 2.24) is 4.90 Å². The van der Waals surface area contributed by atoms with Gasteiger partial charge in [-0.15, -0.1) is 0 Å². The fourth-order valence-corrected chi connectivity index (χ4v) is 1.82. The predicted molar refractivity (Wildman–Crippen MR) is 74.7 cm³/mol. The molecule has 1 amide bonds. The molecule has 0 fully saturated rings. The van der Waals surface area contributed by atoms with Crippen molar-refractivity contribution in [2.75, 3.05) is 32.1 Å². The molecule has 0 bridgehead atoms. The van der Waals surface area contributed by atoms with Gasteiger partial charge in [0.25, 0.3) is 0 Å². The van der Waals surface area contributed by atoms with Gasteiger partial charge in [0.2, 0.25) is 5.91 Å². The molecule has 0 aromatic heterocycles. The van der Waals surface area contributed by atoms with E-state index in [4.69, 9.17) is 5.11 Å². The number of aryl methyl sites for hydroxylation is 1. The first-order valence-electron chi connectivity index (χ1n) is 6.15. The van der Waals surface area contributed by atoms with E-state index in [9.17, 15) is 9.59 Å². The molecule has 0 aliphatic rings. The fourth-order valence-electron chi connectivity index (χ4n) is 1.82. The van der Waals surface area contributed by atoms with Crippen molar-refractivity contribution < 1.29 is 14.7 Å². The molecule has 5 heteroatoms.